The van der Waals surface area contributed by atoms with Crippen LogP contribution in [-0.4, -0.2) is 4.57 Å². The second-order valence-corrected chi connectivity index (χ2v) is 3.08. The highest BCUT2D eigenvalue weighted by atomic mass is 19.1. The number of hydrogen-bond acceptors (Lipinski definition) is 2. The lowest BCUT2D eigenvalue weighted by molar-refractivity contribution is 0.628. The third kappa shape index (κ3) is 1.55. The van der Waals surface area contributed by atoms with Gasteiger partial charge >= 0.3 is 0 Å². The van der Waals surface area contributed by atoms with Gasteiger partial charge in [-0.2, -0.15) is 5.26 Å². The highest BCUT2D eigenvalue weighted by Gasteiger charge is 2.06. The fraction of sp³-hybridized carbons (Fsp3) is 0. The van der Waals surface area contributed by atoms with E-state index in [1.54, 1.807) is 29.0 Å². The van der Waals surface area contributed by atoms with Crippen LogP contribution >= 0.6 is 0 Å². The Morgan fingerprint density at radius 2 is 2.13 bits per heavy atom. The first-order chi connectivity index (χ1) is 7.22. The maximum Gasteiger partial charge on any atom is 0.125 e. The van der Waals surface area contributed by atoms with E-state index in [0.717, 1.165) is 0 Å². The van der Waals surface area contributed by atoms with Crippen LogP contribution in [0.4, 0.5) is 10.1 Å². The van der Waals surface area contributed by atoms with Crippen LogP contribution < -0.4 is 5.73 Å². The van der Waals surface area contributed by atoms with Gasteiger partial charge in [-0.3, -0.25) is 0 Å². The first-order valence-electron chi connectivity index (χ1n) is 4.35. The molecule has 1 heterocycles. The number of nitrogens with zero attached hydrogens (tertiary/aromatic N) is 2. The molecule has 2 rings (SSSR count). The second-order valence-electron chi connectivity index (χ2n) is 3.08. The minimum atomic E-state index is -0.387. The number of anilines is 1. The number of hydrogen-bond donors (Lipinski definition) is 1. The first-order valence-corrected chi connectivity index (χ1v) is 4.35. The molecule has 0 fully saturated rings. The van der Waals surface area contributed by atoms with Crippen LogP contribution in [0.2, 0.25) is 0 Å². The Morgan fingerprint density at radius 1 is 1.33 bits per heavy atom. The van der Waals surface area contributed by atoms with E-state index in [1.165, 1.54) is 12.1 Å². The van der Waals surface area contributed by atoms with E-state index in [4.69, 9.17) is 11.0 Å². The van der Waals surface area contributed by atoms with Gasteiger partial charge in [-0.05, 0) is 30.3 Å². The number of benzene rings is 1. The van der Waals surface area contributed by atoms with Crippen LogP contribution in [0.25, 0.3) is 5.69 Å². The third-order valence-corrected chi connectivity index (χ3v) is 2.11. The number of nitriles is 1. The van der Waals surface area contributed by atoms with Gasteiger partial charge < -0.3 is 10.3 Å². The average Bonchev–Trinajstić information content (AvgIpc) is 2.65. The number of rotatable bonds is 1. The van der Waals surface area contributed by atoms with Crippen molar-refractivity contribution in [3.8, 4) is 11.8 Å². The molecule has 0 aliphatic heterocycles. The molecule has 0 radical (unpaired) electrons. The predicted molar refractivity (Wildman–Crippen MR) is 54.9 cm³/mol. The van der Waals surface area contributed by atoms with Gasteiger partial charge in [0.25, 0.3) is 0 Å². The lowest BCUT2D eigenvalue weighted by Gasteiger charge is -2.07. The van der Waals surface area contributed by atoms with E-state index in [1.807, 2.05) is 6.07 Å². The Kier molecular flexibility index (Phi) is 2.14. The Morgan fingerprint density at radius 3 is 2.80 bits per heavy atom. The van der Waals surface area contributed by atoms with E-state index in [9.17, 15) is 4.39 Å². The van der Waals surface area contributed by atoms with Gasteiger partial charge in [-0.25, -0.2) is 4.39 Å². The van der Waals surface area contributed by atoms with E-state index >= 15 is 0 Å². The summed E-state index contributed by atoms with van der Waals surface area (Å²) in [4.78, 5) is 0. The molecule has 4 heteroatoms. The van der Waals surface area contributed by atoms with Crippen molar-refractivity contribution >= 4 is 5.69 Å². The molecule has 74 valence electrons. The van der Waals surface area contributed by atoms with Gasteiger partial charge in [0.15, 0.2) is 0 Å². The molecule has 1 aromatic heterocycles. The van der Waals surface area contributed by atoms with Crippen molar-refractivity contribution < 1.29 is 4.39 Å². The van der Waals surface area contributed by atoms with Crippen molar-refractivity contribution in [1.29, 1.82) is 5.26 Å². The van der Waals surface area contributed by atoms with Gasteiger partial charge in [-0.1, -0.05) is 0 Å². The number of halogens is 1. The zero-order valence-corrected chi connectivity index (χ0v) is 7.81. The summed E-state index contributed by atoms with van der Waals surface area (Å²) >= 11 is 0. The Hall–Kier alpha value is -2.28. The second kappa shape index (κ2) is 3.46. The molecule has 0 saturated carbocycles. The van der Waals surface area contributed by atoms with Crippen LogP contribution in [0.15, 0.2) is 36.5 Å². The summed E-state index contributed by atoms with van der Waals surface area (Å²) in [6, 6.07) is 9.53. The van der Waals surface area contributed by atoms with Crippen LogP contribution in [0.5, 0.6) is 0 Å². The van der Waals surface area contributed by atoms with Gasteiger partial charge in [0.05, 0.1) is 11.4 Å². The van der Waals surface area contributed by atoms with E-state index in [2.05, 4.69) is 0 Å². The van der Waals surface area contributed by atoms with Crippen molar-refractivity contribution in [2.75, 3.05) is 5.73 Å². The van der Waals surface area contributed by atoms with Crippen molar-refractivity contribution in [2.45, 2.75) is 0 Å². The highest BCUT2D eigenvalue weighted by Crippen LogP contribution is 2.20. The molecule has 2 N–H and O–H groups in total. The fourth-order valence-electron chi connectivity index (χ4n) is 1.43. The third-order valence-electron chi connectivity index (χ3n) is 2.11. The summed E-state index contributed by atoms with van der Waals surface area (Å²) in [7, 11) is 0. The summed E-state index contributed by atoms with van der Waals surface area (Å²) in [5.41, 5.74) is 7.05. The summed E-state index contributed by atoms with van der Waals surface area (Å²) in [6.07, 6.45) is 1.71. The number of nitrogens with two attached hydrogens (primary N) is 1. The molecule has 0 amide bonds. The van der Waals surface area contributed by atoms with Crippen molar-refractivity contribution in [3.05, 3.63) is 48.0 Å². The minimum Gasteiger partial charge on any atom is -0.397 e. The lowest BCUT2D eigenvalue weighted by atomic mass is 10.2. The molecule has 1 aromatic carbocycles. The molecular weight excluding hydrogens is 193 g/mol. The van der Waals surface area contributed by atoms with Crippen LogP contribution in [-0.2, 0) is 0 Å². The van der Waals surface area contributed by atoms with E-state index < -0.39 is 0 Å². The molecule has 0 unspecified atom stereocenters. The molecule has 3 nitrogen and oxygen atoms in total. The normalized spacial score (nSPS) is 9.87. The maximum absolute atomic E-state index is 12.8. The quantitative estimate of drug-likeness (QED) is 0.718. The van der Waals surface area contributed by atoms with Gasteiger partial charge in [0.1, 0.15) is 17.6 Å². The van der Waals surface area contributed by atoms with Crippen LogP contribution in [0.1, 0.15) is 5.69 Å². The summed E-state index contributed by atoms with van der Waals surface area (Å²) in [5.74, 6) is -0.387. The fourth-order valence-corrected chi connectivity index (χ4v) is 1.43. The van der Waals surface area contributed by atoms with Gasteiger partial charge in [0.2, 0.25) is 0 Å². The topological polar surface area (TPSA) is 54.7 Å². The van der Waals surface area contributed by atoms with Crippen LogP contribution in [0.3, 0.4) is 0 Å². The Labute approximate surface area is 86.2 Å². The van der Waals surface area contributed by atoms with E-state index in [-0.39, 0.29) is 5.82 Å². The lowest BCUT2D eigenvalue weighted by Crippen LogP contribution is -2.00. The number of aromatic nitrogens is 1. The summed E-state index contributed by atoms with van der Waals surface area (Å²) in [6.45, 7) is 0. The Balaban J connectivity index is 2.60. The van der Waals surface area contributed by atoms with Gasteiger partial charge in [0, 0.05) is 6.20 Å². The Bertz CT molecular complexity index is 537. The van der Waals surface area contributed by atoms with Gasteiger partial charge in [-0.15, -0.1) is 0 Å². The maximum atomic E-state index is 12.8. The molecule has 0 spiro atoms. The minimum absolute atomic E-state index is 0.308. The van der Waals surface area contributed by atoms with Crippen molar-refractivity contribution in [1.82, 2.24) is 4.57 Å². The van der Waals surface area contributed by atoms with Crippen molar-refractivity contribution in [3.63, 3.8) is 0 Å². The largest absolute Gasteiger partial charge is 0.397 e. The molecule has 15 heavy (non-hydrogen) atoms. The molecule has 0 aliphatic rings. The highest BCUT2D eigenvalue weighted by molar-refractivity contribution is 5.59. The standard InChI is InChI=1S/C11H8FN3/c12-8-3-4-11(10(14)6-8)15-5-1-2-9(15)7-13/h1-6H,14H2. The summed E-state index contributed by atoms with van der Waals surface area (Å²) in [5, 5.41) is 8.83. The molecule has 2 aromatic rings. The SMILES string of the molecule is N#Cc1cccn1-c1ccc(F)cc1N. The molecule has 0 aliphatic carbocycles. The molecule has 0 saturated heterocycles. The molecular formula is C11H8FN3. The summed E-state index contributed by atoms with van der Waals surface area (Å²) < 4.78 is 14.4. The average molecular weight is 201 g/mol. The zero-order chi connectivity index (χ0) is 10.8. The van der Waals surface area contributed by atoms with E-state index in [0.29, 0.717) is 17.1 Å². The van der Waals surface area contributed by atoms with Crippen molar-refractivity contribution in [2.24, 2.45) is 0 Å². The molecule has 0 atom stereocenters. The molecule has 0 bridgehead atoms. The van der Waals surface area contributed by atoms with Crippen LogP contribution in [0, 0.1) is 17.1 Å². The zero-order valence-electron chi connectivity index (χ0n) is 7.81. The monoisotopic (exact) mass is 201 g/mol. The first kappa shape index (κ1) is 9.28. The number of nitrogen functional groups attached to an aromatic ring is 1. The smallest absolute Gasteiger partial charge is 0.125 e. The predicted octanol–water partition coefficient (Wildman–Crippen LogP) is 2.07.